The van der Waals surface area contributed by atoms with E-state index in [4.69, 9.17) is 5.73 Å². The summed E-state index contributed by atoms with van der Waals surface area (Å²) in [5.74, 6) is -1.73. The van der Waals surface area contributed by atoms with E-state index in [0.29, 0.717) is 16.5 Å². The number of halogens is 2. The summed E-state index contributed by atoms with van der Waals surface area (Å²) in [6.07, 6.45) is 4.29. The van der Waals surface area contributed by atoms with Gasteiger partial charge in [0.2, 0.25) is 5.91 Å². The number of benzene rings is 3. The van der Waals surface area contributed by atoms with Crippen LogP contribution in [0.4, 0.5) is 8.78 Å². The third-order valence-electron chi connectivity index (χ3n) is 5.53. The summed E-state index contributed by atoms with van der Waals surface area (Å²) in [6.45, 7) is 2.37. The molecule has 1 amide bonds. The lowest BCUT2D eigenvalue weighted by Gasteiger charge is -2.10. The fourth-order valence-corrected chi connectivity index (χ4v) is 4.02. The van der Waals surface area contributed by atoms with Crippen LogP contribution in [0, 0.1) is 17.7 Å². The van der Waals surface area contributed by atoms with Gasteiger partial charge >= 0.3 is 0 Å². The second-order valence-electron chi connectivity index (χ2n) is 7.61. The molecule has 2 N–H and O–H groups in total. The SMILES string of the molecule is CCCCCc1c[c]c2c3c(C(N)=O)cccc3n(Cc3ccc(F)cc3F)c2c1. The Labute approximate surface area is 174 Å². The number of aryl methyl sites for hydroxylation is 1. The van der Waals surface area contributed by atoms with Crippen molar-refractivity contribution in [1.82, 2.24) is 4.57 Å². The van der Waals surface area contributed by atoms with E-state index in [0.717, 1.165) is 53.7 Å². The molecule has 0 aliphatic heterocycles. The Kier molecular flexibility index (Phi) is 5.53. The van der Waals surface area contributed by atoms with Crippen molar-refractivity contribution in [3.8, 4) is 0 Å². The van der Waals surface area contributed by atoms with Crippen molar-refractivity contribution in [3.05, 3.63) is 82.9 Å². The Bertz CT molecular complexity index is 1240. The summed E-state index contributed by atoms with van der Waals surface area (Å²) < 4.78 is 29.7. The largest absolute Gasteiger partial charge is 0.366 e. The summed E-state index contributed by atoms with van der Waals surface area (Å²) in [4.78, 5) is 12.1. The minimum atomic E-state index is -0.610. The molecule has 1 aromatic heterocycles. The molecule has 0 unspecified atom stereocenters. The first-order chi connectivity index (χ1) is 14.5. The van der Waals surface area contributed by atoms with Crippen LogP contribution in [0.15, 0.2) is 48.5 Å². The Morgan fingerprint density at radius 2 is 1.93 bits per heavy atom. The van der Waals surface area contributed by atoms with Crippen LogP contribution in [0.2, 0.25) is 0 Å². The molecule has 0 saturated carbocycles. The van der Waals surface area contributed by atoms with Crippen molar-refractivity contribution in [1.29, 1.82) is 0 Å². The lowest BCUT2D eigenvalue weighted by Crippen LogP contribution is -2.11. The van der Waals surface area contributed by atoms with Crippen LogP contribution in [0.3, 0.4) is 0 Å². The average molecular weight is 405 g/mol. The number of primary amides is 1. The number of amides is 1. The number of aromatic nitrogens is 1. The van der Waals surface area contributed by atoms with Gasteiger partial charge in [0.1, 0.15) is 11.6 Å². The van der Waals surface area contributed by atoms with Gasteiger partial charge in [0.25, 0.3) is 0 Å². The van der Waals surface area contributed by atoms with Gasteiger partial charge < -0.3 is 10.3 Å². The van der Waals surface area contributed by atoms with Crippen LogP contribution < -0.4 is 5.73 Å². The van der Waals surface area contributed by atoms with Crippen LogP contribution in [-0.2, 0) is 13.0 Å². The van der Waals surface area contributed by atoms with E-state index < -0.39 is 17.5 Å². The van der Waals surface area contributed by atoms with E-state index in [2.05, 4.69) is 19.1 Å². The maximum atomic E-state index is 14.4. The molecule has 0 aliphatic carbocycles. The molecule has 0 aliphatic rings. The van der Waals surface area contributed by atoms with Crippen molar-refractivity contribution in [3.63, 3.8) is 0 Å². The molecule has 1 radical (unpaired) electrons. The normalized spacial score (nSPS) is 11.4. The zero-order chi connectivity index (χ0) is 21.3. The first-order valence-electron chi connectivity index (χ1n) is 10.2. The Morgan fingerprint density at radius 3 is 2.67 bits per heavy atom. The number of hydrogen-bond donors (Lipinski definition) is 1. The number of hydrogen-bond acceptors (Lipinski definition) is 1. The van der Waals surface area contributed by atoms with Crippen LogP contribution in [0.5, 0.6) is 0 Å². The minimum absolute atomic E-state index is 0.209. The summed E-state index contributed by atoms with van der Waals surface area (Å²) in [5.41, 5.74) is 9.17. The van der Waals surface area contributed by atoms with Crippen molar-refractivity contribution in [2.75, 3.05) is 0 Å². The first kappa shape index (κ1) is 20.1. The fraction of sp³-hybridized carbons (Fsp3) is 0.240. The third kappa shape index (κ3) is 3.67. The highest BCUT2D eigenvalue weighted by Crippen LogP contribution is 2.33. The molecule has 30 heavy (non-hydrogen) atoms. The molecule has 5 heteroatoms. The predicted molar refractivity (Wildman–Crippen MR) is 115 cm³/mol. The smallest absolute Gasteiger partial charge is 0.249 e. The van der Waals surface area contributed by atoms with Crippen molar-refractivity contribution in [2.45, 2.75) is 39.2 Å². The first-order valence-corrected chi connectivity index (χ1v) is 10.2. The summed E-state index contributed by atoms with van der Waals surface area (Å²) in [6, 6.07) is 16.3. The van der Waals surface area contributed by atoms with Crippen molar-refractivity contribution >= 4 is 27.7 Å². The molecular formula is C25H23F2N2O. The van der Waals surface area contributed by atoms with Crippen LogP contribution >= 0.6 is 0 Å². The third-order valence-corrected chi connectivity index (χ3v) is 5.53. The van der Waals surface area contributed by atoms with Gasteiger partial charge in [-0.1, -0.05) is 38.0 Å². The quantitative estimate of drug-likeness (QED) is 0.391. The number of nitrogens with two attached hydrogens (primary N) is 1. The molecule has 0 fully saturated rings. The fourth-order valence-electron chi connectivity index (χ4n) is 4.02. The molecule has 0 saturated heterocycles. The number of carbonyl (C=O) groups is 1. The van der Waals surface area contributed by atoms with Crippen molar-refractivity contribution < 1.29 is 13.6 Å². The highest BCUT2D eigenvalue weighted by molar-refractivity contribution is 6.17. The Hall–Kier alpha value is -3.21. The van der Waals surface area contributed by atoms with Crippen molar-refractivity contribution in [2.24, 2.45) is 5.73 Å². The molecule has 1 heterocycles. The molecule has 0 spiro atoms. The summed E-state index contributed by atoms with van der Waals surface area (Å²) in [7, 11) is 0. The molecule has 153 valence electrons. The van der Waals surface area contributed by atoms with Crippen LogP contribution in [-0.4, -0.2) is 10.5 Å². The number of rotatable bonds is 7. The molecule has 4 rings (SSSR count). The minimum Gasteiger partial charge on any atom is -0.366 e. The second kappa shape index (κ2) is 8.27. The van der Waals surface area contributed by atoms with Gasteiger partial charge in [0.15, 0.2) is 0 Å². The van der Waals surface area contributed by atoms with Gasteiger partial charge in [-0.2, -0.15) is 0 Å². The van der Waals surface area contributed by atoms with Gasteiger partial charge in [-0.15, -0.1) is 0 Å². The van der Waals surface area contributed by atoms with Gasteiger partial charge in [0.05, 0.1) is 17.6 Å². The topological polar surface area (TPSA) is 48.0 Å². The van der Waals surface area contributed by atoms with E-state index in [-0.39, 0.29) is 6.54 Å². The van der Waals surface area contributed by atoms with Gasteiger partial charge in [-0.05, 0) is 48.7 Å². The standard InChI is InChI=1S/C25H23F2N2O/c1-2-3-4-6-16-9-12-19-23(13-16)29(15-17-10-11-18(26)14-21(17)27)22-8-5-7-20(24(19)22)25(28)30/h5,7-11,13-14H,2-4,6,15H2,1H3,(H2,28,30). The molecule has 0 atom stereocenters. The Balaban J connectivity index is 1.93. The van der Waals surface area contributed by atoms with E-state index in [1.165, 1.54) is 12.1 Å². The van der Waals surface area contributed by atoms with Crippen LogP contribution in [0.1, 0.15) is 47.7 Å². The van der Waals surface area contributed by atoms with E-state index in [1.807, 2.05) is 16.7 Å². The number of fused-ring (bicyclic) bond motifs is 3. The van der Waals surface area contributed by atoms with Gasteiger partial charge in [-0.3, -0.25) is 4.79 Å². The van der Waals surface area contributed by atoms with E-state index in [9.17, 15) is 13.6 Å². The molecular weight excluding hydrogens is 382 g/mol. The Morgan fingerprint density at radius 1 is 1.10 bits per heavy atom. The number of carbonyl (C=O) groups excluding carboxylic acids is 1. The highest BCUT2D eigenvalue weighted by Gasteiger charge is 2.18. The lowest BCUT2D eigenvalue weighted by molar-refractivity contribution is 0.100. The average Bonchev–Trinajstić information content (AvgIpc) is 3.03. The summed E-state index contributed by atoms with van der Waals surface area (Å²) in [5, 5.41) is 1.49. The molecule has 3 nitrogen and oxygen atoms in total. The monoisotopic (exact) mass is 405 g/mol. The highest BCUT2D eigenvalue weighted by atomic mass is 19.1. The zero-order valence-corrected chi connectivity index (χ0v) is 16.8. The maximum Gasteiger partial charge on any atom is 0.249 e. The van der Waals surface area contributed by atoms with E-state index in [1.54, 1.807) is 12.1 Å². The molecule has 3 aromatic carbocycles. The zero-order valence-electron chi connectivity index (χ0n) is 16.8. The van der Waals surface area contributed by atoms with Crippen LogP contribution in [0.25, 0.3) is 21.8 Å². The van der Waals surface area contributed by atoms with Gasteiger partial charge in [-0.25, -0.2) is 8.78 Å². The van der Waals surface area contributed by atoms with Gasteiger partial charge in [0, 0.05) is 28.0 Å². The molecule has 0 bridgehead atoms. The second-order valence-corrected chi connectivity index (χ2v) is 7.61. The lowest BCUT2D eigenvalue weighted by atomic mass is 10.0. The predicted octanol–water partition coefficient (Wildman–Crippen LogP) is 5.75. The molecule has 4 aromatic rings. The van der Waals surface area contributed by atoms with E-state index >= 15 is 0 Å². The summed E-state index contributed by atoms with van der Waals surface area (Å²) >= 11 is 0. The maximum absolute atomic E-state index is 14.4. The number of nitrogens with zero attached hydrogens (tertiary/aromatic N) is 1. The number of unbranched alkanes of at least 4 members (excludes halogenated alkanes) is 2.